The van der Waals surface area contributed by atoms with Crippen LogP contribution in [0.1, 0.15) is 13.3 Å². The third-order valence-electron chi connectivity index (χ3n) is 1.36. The first kappa shape index (κ1) is 9.24. The highest BCUT2D eigenvalue weighted by Gasteiger charge is 1.99. The smallest absolute Gasteiger partial charge is 0.312 e. The van der Waals surface area contributed by atoms with Crippen molar-refractivity contribution >= 4 is 11.7 Å². The molecule has 0 aliphatic heterocycles. The summed E-state index contributed by atoms with van der Waals surface area (Å²) in [5, 5.41) is 2.36. The van der Waals surface area contributed by atoms with Gasteiger partial charge in [-0.3, -0.25) is 19.6 Å². The van der Waals surface area contributed by atoms with Gasteiger partial charge in [0, 0.05) is 12.5 Å². The number of rotatable bonds is 2. The lowest BCUT2D eigenvalue weighted by Crippen LogP contribution is -2.24. The standard InChI is InChI=1S/C7H9N3O3/c1-2-5(11)8-4-3-6(12)10-7(13)9-4/h3H,2H2,1H3,(H3,8,9,10,11,12,13). The zero-order valence-electron chi connectivity index (χ0n) is 7.01. The Morgan fingerprint density at radius 1 is 1.46 bits per heavy atom. The first-order valence-electron chi connectivity index (χ1n) is 3.75. The molecule has 0 aliphatic carbocycles. The Kier molecular flexibility index (Phi) is 2.63. The van der Waals surface area contributed by atoms with Crippen LogP contribution in [0.4, 0.5) is 5.82 Å². The van der Waals surface area contributed by atoms with Gasteiger partial charge in [0.25, 0.3) is 5.56 Å². The number of aromatic nitrogens is 2. The molecule has 0 radical (unpaired) electrons. The number of carbonyl (C=O) groups excluding carboxylic acids is 1. The van der Waals surface area contributed by atoms with Crippen molar-refractivity contribution in [1.82, 2.24) is 9.97 Å². The molecule has 1 rings (SSSR count). The molecule has 0 atom stereocenters. The lowest BCUT2D eigenvalue weighted by molar-refractivity contribution is -0.115. The average Bonchev–Trinajstić information content (AvgIpc) is 2.02. The molecule has 0 aliphatic rings. The van der Waals surface area contributed by atoms with Crippen LogP contribution in [0.5, 0.6) is 0 Å². The minimum Gasteiger partial charge on any atom is -0.312 e. The summed E-state index contributed by atoms with van der Waals surface area (Å²) in [5.41, 5.74) is -1.19. The number of hydrogen-bond acceptors (Lipinski definition) is 3. The molecule has 3 N–H and O–H groups in total. The van der Waals surface area contributed by atoms with Gasteiger partial charge in [-0.05, 0) is 0 Å². The van der Waals surface area contributed by atoms with Crippen LogP contribution in [-0.4, -0.2) is 15.9 Å². The fraction of sp³-hybridized carbons (Fsp3) is 0.286. The Bertz CT molecular complexity index is 389. The van der Waals surface area contributed by atoms with Gasteiger partial charge in [0.15, 0.2) is 0 Å². The van der Waals surface area contributed by atoms with Crippen LogP contribution >= 0.6 is 0 Å². The van der Waals surface area contributed by atoms with E-state index in [4.69, 9.17) is 0 Å². The van der Waals surface area contributed by atoms with Crippen LogP contribution in [0.25, 0.3) is 0 Å². The van der Waals surface area contributed by atoms with Gasteiger partial charge in [0.2, 0.25) is 5.91 Å². The third kappa shape index (κ3) is 2.58. The highest BCUT2D eigenvalue weighted by atomic mass is 16.2. The van der Waals surface area contributed by atoms with Crippen LogP contribution in [-0.2, 0) is 4.79 Å². The van der Waals surface area contributed by atoms with E-state index in [1.165, 1.54) is 0 Å². The predicted molar refractivity (Wildman–Crippen MR) is 46.6 cm³/mol. The van der Waals surface area contributed by atoms with Gasteiger partial charge in [0.1, 0.15) is 5.82 Å². The summed E-state index contributed by atoms with van der Waals surface area (Å²) in [5.74, 6) is -0.151. The maximum Gasteiger partial charge on any atom is 0.327 e. The van der Waals surface area contributed by atoms with Crippen molar-refractivity contribution in [3.63, 3.8) is 0 Å². The van der Waals surface area contributed by atoms with E-state index in [1.807, 2.05) is 4.98 Å². The number of aromatic amines is 2. The van der Waals surface area contributed by atoms with E-state index in [0.717, 1.165) is 6.07 Å². The molecule has 70 valence electrons. The summed E-state index contributed by atoms with van der Waals surface area (Å²) in [7, 11) is 0. The molecule has 0 spiro atoms. The Hall–Kier alpha value is -1.85. The van der Waals surface area contributed by atoms with Crippen molar-refractivity contribution in [1.29, 1.82) is 0 Å². The maximum atomic E-state index is 10.9. The van der Waals surface area contributed by atoms with Gasteiger partial charge in [-0.1, -0.05) is 6.92 Å². The summed E-state index contributed by atoms with van der Waals surface area (Å²) in [6.45, 7) is 1.67. The molecule has 0 fully saturated rings. The summed E-state index contributed by atoms with van der Waals surface area (Å²) < 4.78 is 0. The minimum atomic E-state index is -0.640. The minimum absolute atomic E-state index is 0.112. The van der Waals surface area contributed by atoms with Crippen molar-refractivity contribution in [2.45, 2.75) is 13.3 Å². The highest BCUT2D eigenvalue weighted by molar-refractivity contribution is 5.89. The Morgan fingerprint density at radius 3 is 2.69 bits per heavy atom. The molecule has 0 unspecified atom stereocenters. The second kappa shape index (κ2) is 3.70. The molecule has 0 aromatic carbocycles. The van der Waals surface area contributed by atoms with E-state index in [-0.39, 0.29) is 18.1 Å². The summed E-state index contributed by atoms with van der Waals surface area (Å²) in [6.07, 6.45) is 0.287. The molecule has 1 aromatic rings. The van der Waals surface area contributed by atoms with Crippen LogP contribution in [0, 0.1) is 0 Å². The van der Waals surface area contributed by atoms with E-state index in [0.29, 0.717) is 0 Å². The maximum absolute atomic E-state index is 10.9. The van der Waals surface area contributed by atoms with Crippen LogP contribution < -0.4 is 16.6 Å². The Balaban J connectivity index is 2.96. The molecular weight excluding hydrogens is 174 g/mol. The number of H-pyrrole nitrogens is 2. The zero-order chi connectivity index (χ0) is 9.84. The lowest BCUT2D eigenvalue weighted by atomic mass is 10.4. The fourth-order valence-electron chi connectivity index (χ4n) is 0.775. The van der Waals surface area contributed by atoms with Gasteiger partial charge >= 0.3 is 5.69 Å². The SMILES string of the molecule is CCC(=O)Nc1cc(=O)[nH]c(=O)[nH]1. The summed E-state index contributed by atoms with van der Waals surface area (Å²) >= 11 is 0. The first-order chi connectivity index (χ1) is 6.11. The van der Waals surface area contributed by atoms with E-state index >= 15 is 0 Å². The topological polar surface area (TPSA) is 94.8 Å². The van der Waals surface area contributed by atoms with Gasteiger partial charge in [-0.15, -0.1) is 0 Å². The van der Waals surface area contributed by atoms with Crippen molar-refractivity contribution in [3.8, 4) is 0 Å². The van der Waals surface area contributed by atoms with Gasteiger partial charge < -0.3 is 5.32 Å². The van der Waals surface area contributed by atoms with E-state index in [9.17, 15) is 14.4 Å². The quantitative estimate of drug-likeness (QED) is 0.572. The van der Waals surface area contributed by atoms with Crippen molar-refractivity contribution in [3.05, 3.63) is 26.9 Å². The molecule has 0 bridgehead atoms. The molecule has 0 saturated heterocycles. The second-order valence-electron chi connectivity index (χ2n) is 2.40. The summed E-state index contributed by atoms with van der Waals surface area (Å²) in [6, 6.07) is 1.11. The molecule has 0 saturated carbocycles. The number of hydrogen-bond donors (Lipinski definition) is 3. The highest BCUT2D eigenvalue weighted by Crippen LogP contribution is 1.93. The van der Waals surface area contributed by atoms with Crippen LogP contribution in [0.2, 0.25) is 0 Å². The molecule has 1 aromatic heterocycles. The second-order valence-corrected chi connectivity index (χ2v) is 2.40. The average molecular weight is 183 g/mol. The number of carbonyl (C=O) groups is 1. The normalized spacial score (nSPS) is 9.62. The number of amides is 1. The van der Waals surface area contributed by atoms with Crippen LogP contribution in [0.15, 0.2) is 15.7 Å². The molecule has 6 heteroatoms. The van der Waals surface area contributed by atoms with Crippen LogP contribution in [0.3, 0.4) is 0 Å². The van der Waals surface area contributed by atoms with Gasteiger partial charge in [0.05, 0.1) is 0 Å². The summed E-state index contributed by atoms with van der Waals surface area (Å²) in [4.78, 5) is 36.6. The van der Waals surface area contributed by atoms with E-state index in [2.05, 4.69) is 10.3 Å². The Labute approximate surface area is 73.0 Å². The predicted octanol–water partition coefficient (Wildman–Crippen LogP) is -0.588. The fourth-order valence-corrected chi connectivity index (χ4v) is 0.775. The first-order valence-corrected chi connectivity index (χ1v) is 3.75. The van der Waals surface area contributed by atoms with E-state index in [1.54, 1.807) is 6.92 Å². The van der Waals surface area contributed by atoms with Crippen molar-refractivity contribution in [2.24, 2.45) is 0 Å². The van der Waals surface area contributed by atoms with Crippen molar-refractivity contribution in [2.75, 3.05) is 5.32 Å². The lowest BCUT2D eigenvalue weighted by Gasteiger charge is -2.00. The molecule has 6 nitrogen and oxygen atoms in total. The molecule has 13 heavy (non-hydrogen) atoms. The van der Waals surface area contributed by atoms with Gasteiger partial charge in [-0.2, -0.15) is 0 Å². The molecular formula is C7H9N3O3. The third-order valence-corrected chi connectivity index (χ3v) is 1.36. The largest absolute Gasteiger partial charge is 0.327 e. The monoisotopic (exact) mass is 183 g/mol. The number of nitrogens with one attached hydrogen (secondary N) is 3. The van der Waals surface area contributed by atoms with E-state index < -0.39 is 11.2 Å². The Morgan fingerprint density at radius 2 is 2.15 bits per heavy atom. The number of anilines is 1. The molecule has 1 amide bonds. The molecule has 1 heterocycles. The zero-order valence-corrected chi connectivity index (χ0v) is 7.01. The van der Waals surface area contributed by atoms with Crippen molar-refractivity contribution < 1.29 is 4.79 Å². The van der Waals surface area contributed by atoms with Gasteiger partial charge in [-0.25, -0.2) is 4.79 Å².